The molecule has 0 spiro atoms. The molecule has 2 heterocycles. The van der Waals surface area contributed by atoms with E-state index in [2.05, 4.69) is 17.0 Å². The summed E-state index contributed by atoms with van der Waals surface area (Å²) in [6, 6.07) is 8.31. The molecule has 20 heavy (non-hydrogen) atoms. The molecular weight excluding hydrogens is 273 g/mol. The molecule has 0 fully saturated rings. The van der Waals surface area contributed by atoms with Gasteiger partial charge in [-0.1, -0.05) is 31.3 Å². The molecule has 2 aromatic heterocycles. The van der Waals surface area contributed by atoms with Gasteiger partial charge in [0.05, 0.1) is 0 Å². The van der Waals surface area contributed by atoms with Gasteiger partial charge in [-0.05, 0) is 37.1 Å². The Hall–Kier alpha value is -2.01. The summed E-state index contributed by atoms with van der Waals surface area (Å²) in [4.78, 5) is 4.58. The van der Waals surface area contributed by atoms with Crippen LogP contribution in [0.2, 0.25) is 0 Å². The zero-order valence-electron chi connectivity index (χ0n) is 11.3. The number of halogens is 1. The number of aromatic amines is 1. The smallest absolute Gasteiger partial charge is 0.162 e. The monoisotopic (exact) mass is 287 g/mol. The van der Waals surface area contributed by atoms with Gasteiger partial charge in [0, 0.05) is 17.0 Å². The van der Waals surface area contributed by atoms with Crippen LogP contribution in [0.25, 0.3) is 16.8 Å². The lowest BCUT2D eigenvalue weighted by Gasteiger charge is -2.02. The quantitative estimate of drug-likeness (QED) is 0.721. The molecule has 3 aromatic rings. The minimum atomic E-state index is -0.243. The van der Waals surface area contributed by atoms with Crippen molar-refractivity contribution in [3.63, 3.8) is 0 Å². The highest BCUT2D eigenvalue weighted by atomic mass is 32.1. The number of hydrogen-bond acceptors (Lipinski definition) is 2. The lowest BCUT2D eigenvalue weighted by atomic mass is 10.0. The van der Waals surface area contributed by atoms with E-state index in [1.807, 2.05) is 13.0 Å². The van der Waals surface area contributed by atoms with Crippen molar-refractivity contribution in [2.24, 2.45) is 0 Å². The molecule has 1 aromatic carbocycles. The van der Waals surface area contributed by atoms with Crippen molar-refractivity contribution >= 4 is 17.9 Å². The highest BCUT2D eigenvalue weighted by Gasteiger charge is 2.14. The number of nitrogens with zero attached hydrogens (tertiary/aromatic N) is 2. The molecule has 1 N–H and O–H groups in total. The van der Waals surface area contributed by atoms with Crippen LogP contribution in [0.15, 0.2) is 30.3 Å². The van der Waals surface area contributed by atoms with E-state index in [0.29, 0.717) is 4.64 Å². The first-order chi connectivity index (χ1) is 9.60. The van der Waals surface area contributed by atoms with Gasteiger partial charge < -0.3 is 0 Å². The zero-order chi connectivity index (χ0) is 14.3. The Morgan fingerprint density at radius 1 is 1.30 bits per heavy atom. The number of fused-ring (bicyclic) bond motifs is 1. The molecule has 0 unspecified atom stereocenters. The SMILES string of the molecule is CCc1[nH]n2c(=S)cc(C)nc2c1-c1ccc(F)cc1. The van der Waals surface area contributed by atoms with Gasteiger partial charge in [0.1, 0.15) is 10.5 Å². The van der Waals surface area contributed by atoms with Crippen LogP contribution in [0.1, 0.15) is 18.3 Å². The van der Waals surface area contributed by atoms with Crippen LogP contribution >= 0.6 is 12.2 Å². The van der Waals surface area contributed by atoms with Crippen LogP contribution in [0.5, 0.6) is 0 Å². The van der Waals surface area contributed by atoms with Crippen LogP contribution in [-0.2, 0) is 6.42 Å². The van der Waals surface area contributed by atoms with E-state index in [0.717, 1.165) is 34.6 Å². The topological polar surface area (TPSA) is 33.1 Å². The van der Waals surface area contributed by atoms with Crippen LogP contribution in [-0.4, -0.2) is 14.6 Å². The molecule has 0 atom stereocenters. The molecule has 0 aliphatic heterocycles. The molecule has 0 saturated heterocycles. The molecule has 3 rings (SSSR count). The molecule has 102 valence electrons. The van der Waals surface area contributed by atoms with Crippen molar-refractivity contribution in [2.45, 2.75) is 20.3 Å². The first-order valence-electron chi connectivity index (χ1n) is 6.47. The summed E-state index contributed by atoms with van der Waals surface area (Å²) in [7, 11) is 0. The Bertz CT molecular complexity index is 831. The predicted octanol–water partition coefficient (Wildman–Crippen LogP) is 4.07. The highest BCUT2D eigenvalue weighted by Crippen LogP contribution is 2.28. The molecule has 3 nitrogen and oxygen atoms in total. The van der Waals surface area contributed by atoms with E-state index in [1.54, 1.807) is 16.6 Å². The number of hydrogen-bond donors (Lipinski definition) is 1. The van der Waals surface area contributed by atoms with Crippen molar-refractivity contribution in [1.82, 2.24) is 14.6 Å². The minimum Gasteiger partial charge on any atom is -0.295 e. The fourth-order valence-electron chi connectivity index (χ4n) is 2.37. The average Bonchev–Trinajstić information content (AvgIpc) is 2.78. The average molecular weight is 287 g/mol. The van der Waals surface area contributed by atoms with E-state index in [9.17, 15) is 4.39 Å². The van der Waals surface area contributed by atoms with E-state index in [1.165, 1.54) is 12.1 Å². The standard InChI is InChI=1S/C15H14FN3S/c1-3-12-14(10-4-6-11(16)7-5-10)15-17-9(2)8-13(20)19(15)18-12/h4-8,18H,3H2,1-2H3. The lowest BCUT2D eigenvalue weighted by Crippen LogP contribution is -1.94. The summed E-state index contributed by atoms with van der Waals surface area (Å²) in [5, 5.41) is 3.28. The van der Waals surface area contributed by atoms with Crippen LogP contribution in [0, 0.1) is 17.4 Å². The van der Waals surface area contributed by atoms with E-state index in [4.69, 9.17) is 12.2 Å². The summed E-state index contributed by atoms with van der Waals surface area (Å²) in [6.07, 6.45) is 0.823. The van der Waals surface area contributed by atoms with Gasteiger partial charge in [-0.3, -0.25) is 5.10 Å². The van der Waals surface area contributed by atoms with E-state index in [-0.39, 0.29) is 5.82 Å². The normalized spacial score (nSPS) is 11.2. The van der Waals surface area contributed by atoms with Crippen LogP contribution < -0.4 is 0 Å². The van der Waals surface area contributed by atoms with Crippen molar-refractivity contribution in [3.05, 3.63) is 52.2 Å². The second-order valence-corrected chi connectivity index (χ2v) is 5.14. The Kier molecular flexibility index (Phi) is 3.14. The van der Waals surface area contributed by atoms with Gasteiger partial charge in [0.25, 0.3) is 0 Å². The molecule has 0 aliphatic carbocycles. The molecular formula is C15H14FN3S. The Morgan fingerprint density at radius 2 is 2.00 bits per heavy atom. The van der Waals surface area contributed by atoms with Gasteiger partial charge in [-0.15, -0.1) is 0 Å². The summed E-state index contributed by atoms with van der Waals surface area (Å²) in [5.41, 5.74) is 4.64. The van der Waals surface area contributed by atoms with Crippen molar-refractivity contribution in [1.29, 1.82) is 0 Å². The van der Waals surface area contributed by atoms with Crippen molar-refractivity contribution in [2.75, 3.05) is 0 Å². The lowest BCUT2D eigenvalue weighted by molar-refractivity contribution is 0.628. The molecule has 5 heteroatoms. The first kappa shape index (κ1) is 13.0. The van der Waals surface area contributed by atoms with E-state index < -0.39 is 0 Å². The Balaban J connectivity index is 2.38. The second-order valence-electron chi connectivity index (χ2n) is 4.72. The number of nitrogens with one attached hydrogen (secondary N) is 1. The largest absolute Gasteiger partial charge is 0.295 e. The van der Waals surface area contributed by atoms with Crippen molar-refractivity contribution in [3.8, 4) is 11.1 Å². The molecule has 0 radical (unpaired) electrons. The fourth-order valence-corrected chi connectivity index (χ4v) is 2.68. The van der Waals surface area contributed by atoms with Gasteiger partial charge in [0.15, 0.2) is 5.65 Å². The summed E-state index contributed by atoms with van der Waals surface area (Å²) < 4.78 is 15.6. The van der Waals surface area contributed by atoms with Crippen LogP contribution in [0.4, 0.5) is 4.39 Å². The summed E-state index contributed by atoms with van der Waals surface area (Å²) >= 11 is 5.36. The Morgan fingerprint density at radius 3 is 2.65 bits per heavy atom. The predicted molar refractivity (Wildman–Crippen MR) is 79.9 cm³/mol. The fraction of sp³-hybridized carbons (Fsp3) is 0.200. The Labute approximate surface area is 121 Å². The number of rotatable bonds is 2. The number of aromatic nitrogens is 3. The van der Waals surface area contributed by atoms with Gasteiger partial charge in [-0.25, -0.2) is 13.9 Å². The third kappa shape index (κ3) is 2.04. The van der Waals surface area contributed by atoms with Crippen LogP contribution in [0.3, 0.4) is 0 Å². The zero-order valence-corrected chi connectivity index (χ0v) is 12.1. The van der Waals surface area contributed by atoms with Gasteiger partial charge in [-0.2, -0.15) is 0 Å². The highest BCUT2D eigenvalue weighted by molar-refractivity contribution is 7.71. The summed E-state index contributed by atoms with van der Waals surface area (Å²) in [6.45, 7) is 3.98. The summed E-state index contributed by atoms with van der Waals surface area (Å²) in [5.74, 6) is -0.243. The molecule has 0 amide bonds. The third-order valence-electron chi connectivity index (χ3n) is 3.31. The minimum absolute atomic E-state index is 0.243. The molecule has 0 aliphatic rings. The maximum Gasteiger partial charge on any atom is 0.162 e. The number of benzene rings is 1. The van der Waals surface area contributed by atoms with Gasteiger partial charge in [0.2, 0.25) is 0 Å². The second kappa shape index (κ2) is 4.83. The third-order valence-corrected chi connectivity index (χ3v) is 3.61. The molecule has 0 bridgehead atoms. The van der Waals surface area contributed by atoms with E-state index >= 15 is 0 Å². The van der Waals surface area contributed by atoms with Gasteiger partial charge >= 0.3 is 0 Å². The molecule has 0 saturated carbocycles. The number of aryl methyl sites for hydroxylation is 2. The maximum absolute atomic E-state index is 13.1. The maximum atomic E-state index is 13.1. The first-order valence-corrected chi connectivity index (χ1v) is 6.88. The number of H-pyrrole nitrogens is 1. The van der Waals surface area contributed by atoms with Crippen molar-refractivity contribution < 1.29 is 4.39 Å².